The molecule has 2 heterocycles. The monoisotopic (exact) mass is 356 g/mol. The van der Waals surface area contributed by atoms with Gasteiger partial charge in [0.25, 0.3) is 5.69 Å². The molecular formula is C16H12N4O4S. The van der Waals surface area contributed by atoms with E-state index in [1.54, 1.807) is 43.6 Å². The molecule has 3 aromatic rings. The lowest BCUT2D eigenvalue weighted by molar-refractivity contribution is -0.385. The molecular weight excluding hydrogens is 344 g/mol. The van der Waals surface area contributed by atoms with Crippen LogP contribution >= 0.6 is 11.3 Å². The molecule has 0 bridgehead atoms. The molecule has 0 N–H and O–H groups in total. The van der Waals surface area contributed by atoms with Crippen LogP contribution < -0.4 is 0 Å². The topological polar surface area (TPSA) is 108 Å². The van der Waals surface area contributed by atoms with Crippen molar-refractivity contribution in [3.8, 4) is 10.8 Å². The summed E-state index contributed by atoms with van der Waals surface area (Å²) in [6.07, 6.45) is 3.18. The van der Waals surface area contributed by atoms with E-state index in [1.807, 2.05) is 0 Å². The summed E-state index contributed by atoms with van der Waals surface area (Å²) in [4.78, 5) is 35.6. The standard InChI is InChI=1S/C16H12N4O4S/c1-10-13(25-15(19-10)14-17-7-4-8-18-14)16(21)24-9-11-5-2-3-6-12(11)20(22)23/h2-8H,9H2,1H3. The summed E-state index contributed by atoms with van der Waals surface area (Å²) < 4.78 is 5.22. The van der Waals surface area contributed by atoms with Gasteiger partial charge in [0.1, 0.15) is 11.5 Å². The molecule has 25 heavy (non-hydrogen) atoms. The number of nitro groups is 1. The summed E-state index contributed by atoms with van der Waals surface area (Å²) in [7, 11) is 0. The molecule has 0 amide bonds. The summed E-state index contributed by atoms with van der Waals surface area (Å²) in [5.41, 5.74) is 0.740. The average molecular weight is 356 g/mol. The maximum Gasteiger partial charge on any atom is 0.350 e. The molecule has 0 fully saturated rings. The number of benzene rings is 1. The van der Waals surface area contributed by atoms with Gasteiger partial charge in [-0.25, -0.2) is 19.7 Å². The Labute approximate surface area is 146 Å². The van der Waals surface area contributed by atoms with Crippen molar-refractivity contribution in [1.29, 1.82) is 0 Å². The van der Waals surface area contributed by atoms with Crippen molar-refractivity contribution in [3.63, 3.8) is 0 Å². The molecule has 2 aromatic heterocycles. The van der Waals surface area contributed by atoms with E-state index in [0.717, 1.165) is 11.3 Å². The van der Waals surface area contributed by atoms with Crippen molar-refractivity contribution in [2.24, 2.45) is 0 Å². The number of aryl methyl sites for hydroxylation is 1. The number of rotatable bonds is 5. The number of hydrogen-bond donors (Lipinski definition) is 0. The van der Waals surface area contributed by atoms with Crippen LogP contribution in [0.1, 0.15) is 20.9 Å². The molecule has 0 atom stereocenters. The zero-order valence-corrected chi connectivity index (χ0v) is 13.9. The fourth-order valence-corrected chi connectivity index (χ4v) is 3.02. The number of esters is 1. The number of hydrogen-bond acceptors (Lipinski definition) is 8. The minimum absolute atomic E-state index is 0.0882. The molecule has 9 heteroatoms. The molecule has 3 rings (SSSR count). The number of nitrogens with zero attached hydrogens (tertiary/aromatic N) is 4. The van der Waals surface area contributed by atoms with Crippen molar-refractivity contribution in [2.45, 2.75) is 13.5 Å². The highest BCUT2D eigenvalue weighted by Gasteiger charge is 2.20. The molecule has 1 aromatic carbocycles. The summed E-state index contributed by atoms with van der Waals surface area (Å²) in [6.45, 7) is 1.50. The third-order valence-corrected chi connectivity index (χ3v) is 4.42. The lowest BCUT2D eigenvalue weighted by Crippen LogP contribution is -2.06. The van der Waals surface area contributed by atoms with Crippen LogP contribution in [0.2, 0.25) is 0 Å². The van der Waals surface area contributed by atoms with E-state index < -0.39 is 10.9 Å². The van der Waals surface area contributed by atoms with Gasteiger partial charge in [0, 0.05) is 18.5 Å². The van der Waals surface area contributed by atoms with E-state index in [9.17, 15) is 14.9 Å². The number of ether oxygens (including phenoxy) is 1. The van der Waals surface area contributed by atoms with Gasteiger partial charge in [0.15, 0.2) is 10.8 Å². The van der Waals surface area contributed by atoms with Gasteiger partial charge in [0.05, 0.1) is 16.2 Å². The van der Waals surface area contributed by atoms with Crippen molar-refractivity contribution in [1.82, 2.24) is 15.0 Å². The first-order valence-corrected chi connectivity index (χ1v) is 8.02. The molecule has 0 saturated carbocycles. The predicted molar refractivity (Wildman–Crippen MR) is 90.1 cm³/mol. The molecule has 0 saturated heterocycles. The molecule has 0 spiro atoms. The van der Waals surface area contributed by atoms with Crippen LogP contribution in [0.15, 0.2) is 42.7 Å². The lowest BCUT2D eigenvalue weighted by atomic mass is 10.2. The molecule has 0 unspecified atom stereocenters. The Morgan fingerprint density at radius 2 is 1.96 bits per heavy atom. The largest absolute Gasteiger partial charge is 0.456 e. The minimum Gasteiger partial charge on any atom is -0.456 e. The second-order valence-corrected chi connectivity index (χ2v) is 5.97. The molecule has 0 aliphatic heterocycles. The first kappa shape index (κ1) is 16.7. The van der Waals surface area contributed by atoms with Gasteiger partial charge in [-0.3, -0.25) is 10.1 Å². The Kier molecular flexibility index (Phi) is 4.75. The Hall–Kier alpha value is -3.20. The summed E-state index contributed by atoms with van der Waals surface area (Å²) in [5, 5.41) is 11.5. The van der Waals surface area contributed by atoms with Crippen LogP contribution in [0.25, 0.3) is 10.8 Å². The van der Waals surface area contributed by atoms with E-state index in [0.29, 0.717) is 27.0 Å². The predicted octanol–water partition coefficient (Wildman–Crippen LogP) is 3.17. The number of carbonyl (C=O) groups is 1. The molecule has 0 aliphatic carbocycles. The molecule has 0 radical (unpaired) electrons. The van der Waals surface area contributed by atoms with Crippen LogP contribution in [0.3, 0.4) is 0 Å². The highest BCUT2D eigenvalue weighted by atomic mass is 32.1. The van der Waals surface area contributed by atoms with E-state index in [-0.39, 0.29) is 12.3 Å². The fraction of sp³-hybridized carbons (Fsp3) is 0.125. The second kappa shape index (κ2) is 7.14. The maximum absolute atomic E-state index is 12.3. The smallest absolute Gasteiger partial charge is 0.350 e. The second-order valence-electron chi connectivity index (χ2n) is 4.97. The SMILES string of the molecule is Cc1nc(-c2ncccn2)sc1C(=O)OCc1ccccc1[N+](=O)[O-]. The number of nitro benzene ring substituents is 1. The van der Waals surface area contributed by atoms with Crippen molar-refractivity contribution in [3.05, 3.63) is 69.0 Å². The molecule has 8 nitrogen and oxygen atoms in total. The third-order valence-electron chi connectivity index (χ3n) is 3.29. The Balaban J connectivity index is 1.77. The van der Waals surface area contributed by atoms with E-state index >= 15 is 0 Å². The third kappa shape index (κ3) is 3.66. The number of aromatic nitrogens is 3. The lowest BCUT2D eigenvalue weighted by Gasteiger charge is -2.04. The first-order chi connectivity index (χ1) is 12.1. The Morgan fingerprint density at radius 3 is 2.68 bits per heavy atom. The zero-order chi connectivity index (χ0) is 17.8. The van der Waals surface area contributed by atoms with Gasteiger partial charge >= 0.3 is 5.97 Å². The summed E-state index contributed by atoms with van der Waals surface area (Å²) in [6, 6.07) is 7.81. The van der Waals surface area contributed by atoms with Crippen LogP contribution in [0.4, 0.5) is 5.69 Å². The number of carbonyl (C=O) groups excluding carboxylic acids is 1. The highest BCUT2D eigenvalue weighted by molar-refractivity contribution is 7.16. The minimum atomic E-state index is -0.588. The van der Waals surface area contributed by atoms with Gasteiger partial charge in [-0.1, -0.05) is 12.1 Å². The van der Waals surface area contributed by atoms with Crippen molar-refractivity contribution < 1.29 is 14.5 Å². The average Bonchev–Trinajstić information content (AvgIpc) is 3.02. The number of para-hydroxylation sites is 1. The van der Waals surface area contributed by atoms with Crippen LogP contribution in [-0.4, -0.2) is 25.8 Å². The van der Waals surface area contributed by atoms with Gasteiger partial charge < -0.3 is 4.74 Å². The first-order valence-electron chi connectivity index (χ1n) is 7.20. The van der Waals surface area contributed by atoms with Gasteiger partial charge in [-0.2, -0.15) is 0 Å². The highest BCUT2D eigenvalue weighted by Crippen LogP contribution is 2.26. The molecule has 126 valence electrons. The van der Waals surface area contributed by atoms with Crippen molar-refractivity contribution >= 4 is 23.0 Å². The van der Waals surface area contributed by atoms with Gasteiger partial charge in [-0.05, 0) is 19.1 Å². The van der Waals surface area contributed by atoms with Crippen LogP contribution in [0.5, 0.6) is 0 Å². The quantitative estimate of drug-likeness (QED) is 0.392. The van der Waals surface area contributed by atoms with Gasteiger partial charge in [0.2, 0.25) is 0 Å². The Bertz CT molecular complexity index is 927. The Morgan fingerprint density at radius 1 is 1.24 bits per heavy atom. The van der Waals surface area contributed by atoms with Crippen molar-refractivity contribution in [2.75, 3.05) is 0 Å². The number of thiazole rings is 1. The van der Waals surface area contributed by atoms with E-state index in [2.05, 4.69) is 15.0 Å². The van der Waals surface area contributed by atoms with E-state index in [1.165, 1.54) is 6.07 Å². The fourth-order valence-electron chi connectivity index (χ4n) is 2.11. The summed E-state index contributed by atoms with van der Waals surface area (Å²) in [5.74, 6) is -0.163. The van der Waals surface area contributed by atoms with E-state index in [4.69, 9.17) is 4.74 Å². The van der Waals surface area contributed by atoms with Crippen LogP contribution in [-0.2, 0) is 11.3 Å². The molecule has 0 aliphatic rings. The van der Waals surface area contributed by atoms with Crippen LogP contribution in [0, 0.1) is 17.0 Å². The zero-order valence-electron chi connectivity index (χ0n) is 13.1. The summed E-state index contributed by atoms with van der Waals surface area (Å²) >= 11 is 1.12. The van der Waals surface area contributed by atoms with Gasteiger partial charge in [-0.15, -0.1) is 11.3 Å². The normalized spacial score (nSPS) is 10.4. The maximum atomic E-state index is 12.3.